The van der Waals surface area contributed by atoms with Crippen LogP contribution >= 0.6 is 11.8 Å². The average Bonchev–Trinajstić information content (AvgIpc) is 2.73. The van der Waals surface area contributed by atoms with Gasteiger partial charge in [-0.3, -0.25) is 9.59 Å². The van der Waals surface area contributed by atoms with Gasteiger partial charge < -0.3 is 15.1 Å². The molecule has 160 valence electrons. The maximum atomic E-state index is 13.2. The van der Waals surface area contributed by atoms with E-state index in [0.29, 0.717) is 24.4 Å². The molecule has 0 unspecified atom stereocenters. The fourth-order valence-electron chi connectivity index (χ4n) is 3.68. The second kappa shape index (κ2) is 10.0. The summed E-state index contributed by atoms with van der Waals surface area (Å²) < 4.78 is 0. The van der Waals surface area contributed by atoms with E-state index < -0.39 is 0 Å². The zero-order valence-corrected chi connectivity index (χ0v) is 19.1. The van der Waals surface area contributed by atoms with E-state index >= 15 is 0 Å². The minimum Gasteiger partial charge on any atom is -0.368 e. The molecular formula is C24H31N3O2S. The van der Waals surface area contributed by atoms with E-state index in [1.165, 1.54) is 28.6 Å². The van der Waals surface area contributed by atoms with Crippen LogP contribution in [0.2, 0.25) is 0 Å². The van der Waals surface area contributed by atoms with Gasteiger partial charge in [0.15, 0.2) is 0 Å². The Morgan fingerprint density at radius 2 is 1.70 bits per heavy atom. The van der Waals surface area contributed by atoms with Gasteiger partial charge in [-0.25, -0.2) is 0 Å². The molecule has 6 heteroatoms. The van der Waals surface area contributed by atoms with E-state index in [9.17, 15) is 9.59 Å². The fraction of sp³-hybridized carbons (Fsp3) is 0.417. The van der Waals surface area contributed by atoms with Crippen LogP contribution in [-0.2, 0) is 4.79 Å². The van der Waals surface area contributed by atoms with Crippen LogP contribution in [-0.4, -0.2) is 54.7 Å². The van der Waals surface area contributed by atoms with E-state index in [4.69, 9.17) is 0 Å². The number of amides is 2. The molecule has 1 heterocycles. The Kier molecular flexibility index (Phi) is 7.43. The summed E-state index contributed by atoms with van der Waals surface area (Å²) in [5, 5.41) is 2.89. The Hall–Kier alpha value is -2.47. The van der Waals surface area contributed by atoms with Crippen molar-refractivity contribution in [1.82, 2.24) is 10.2 Å². The van der Waals surface area contributed by atoms with Crippen molar-refractivity contribution in [2.75, 3.05) is 36.8 Å². The van der Waals surface area contributed by atoms with Gasteiger partial charge in [-0.1, -0.05) is 24.3 Å². The van der Waals surface area contributed by atoms with Crippen molar-refractivity contribution < 1.29 is 9.59 Å². The molecule has 1 N–H and O–H groups in total. The highest BCUT2D eigenvalue weighted by atomic mass is 32.2. The Balaban J connectivity index is 1.64. The minimum absolute atomic E-state index is 0.0145. The number of anilines is 1. The molecule has 0 bridgehead atoms. The van der Waals surface area contributed by atoms with E-state index in [1.807, 2.05) is 43.0 Å². The van der Waals surface area contributed by atoms with Crippen LogP contribution in [0.1, 0.15) is 35.3 Å². The predicted molar refractivity (Wildman–Crippen MR) is 124 cm³/mol. The molecule has 0 atom stereocenters. The van der Waals surface area contributed by atoms with E-state index in [0.717, 1.165) is 18.0 Å². The maximum absolute atomic E-state index is 13.2. The normalized spacial score (nSPS) is 14.2. The molecule has 3 rings (SSSR count). The molecule has 0 aliphatic carbocycles. The number of piperazine rings is 1. The highest BCUT2D eigenvalue weighted by molar-refractivity contribution is 8.00. The quantitative estimate of drug-likeness (QED) is 0.714. The standard InChI is InChI=1S/C24H31N3O2S/c1-17(2)25-23(28)16-30-22-11-6-5-9-20(22)24(29)27-14-12-26(13-15-27)21-10-7-8-18(3)19(21)4/h5-11,17H,12-16H2,1-4H3,(H,25,28). The summed E-state index contributed by atoms with van der Waals surface area (Å²) in [5.74, 6) is 0.338. The summed E-state index contributed by atoms with van der Waals surface area (Å²) in [4.78, 5) is 30.3. The molecule has 0 spiro atoms. The monoisotopic (exact) mass is 425 g/mol. The molecule has 5 nitrogen and oxygen atoms in total. The lowest BCUT2D eigenvalue weighted by atomic mass is 10.1. The first-order valence-electron chi connectivity index (χ1n) is 10.5. The number of hydrogen-bond acceptors (Lipinski definition) is 4. The van der Waals surface area contributed by atoms with E-state index in [-0.39, 0.29) is 17.9 Å². The molecule has 2 aromatic rings. The zero-order valence-electron chi connectivity index (χ0n) is 18.3. The topological polar surface area (TPSA) is 52.7 Å². The largest absolute Gasteiger partial charge is 0.368 e. The molecule has 2 aromatic carbocycles. The number of benzene rings is 2. The zero-order chi connectivity index (χ0) is 21.7. The molecule has 0 radical (unpaired) electrons. The number of carbonyl (C=O) groups excluding carboxylic acids is 2. The first-order chi connectivity index (χ1) is 14.4. The predicted octanol–water partition coefficient (Wildman–Crippen LogP) is 3.88. The van der Waals surface area contributed by atoms with Gasteiger partial charge in [0.25, 0.3) is 5.91 Å². The van der Waals surface area contributed by atoms with Crippen LogP contribution in [0.5, 0.6) is 0 Å². The molecular weight excluding hydrogens is 394 g/mol. The number of thioether (sulfide) groups is 1. The van der Waals surface area contributed by atoms with Gasteiger partial charge in [0, 0.05) is 42.8 Å². The lowest BCUT2D eigenvalue weighted by Crippen LogP contribution is -2.49. The second-order valence-corrected chi connectivity index (χ2v) is 9.02. The first-order valence-corrected chi connectivity index (χ1v) is 11.5. The fourth-order valence-corrected chi connectivity index (χ4v) is 4.53. The third-order valence-electron chi connectivity index (χ3n) is 5.41. The Bertz CT molecular complexity index is 905. The SMILES string of the molecule is Cc1cccc(N2CCN(C(=O)c3ccccc3SCC(=O)NC(C)C)CC2)c1C. The number of nitrogens with one attached hydrogen (secondary N) is 1. The summed E-state index contributed by atoms with van der Waals surface area (Å²) in [7, 11) is 0. The number of rotatable bonds is 6. The van der Waals surface area contributed by atoms with Crippen molar-refractivity contribution in [2.24, 2.45) is 0 Å². The van der Waals surface area contributed by atoms with Crippen LogP contribution in [0.4, 0.5) is 5.69 Å². The lowest BCUT2D eigenvalue weighted by Gasteiger charge is -2.37. The van der Waals surface area contributed by atoms with Crippen LogP contribution in [0.3, 0.4) is 0 Å². The molecule has 0 aromatic heterocycles. The Morgan fingerprint density at radius 1 is 1.00 bits per heavy atom. The molecule has 1 saturated heterocycles. The molecule has 2 amide bonds. The molecule has 1 aliphatic rings. The first kappa shape index (κ1) is 22.2. The van der Waals surface area contributed by atoms with Gasteiger partial charge in [-0.05, 0) is 57.0 Å². The van der Waals surface area contributed by atoms with Crippen molar-refractivity contribution >= 4 is 29.3 Å². The summed E-state index contributed by atoms with van der Waals surface area (Å²) in [6.45, 7) is 11.2. The number of hydrogen-bond donors (Lipinski definition) is 1. The van der Waals surface area contributed by atoms with Gasteiger partial charge in [0.2, 0.25) is 5.91 Å². The van der Waals surface area contributed by atoms with Gasteiger partial charge in [-0.2, -0.15) is 0 Å². The summed E-state index contributed by atoms with van der Waals surface area (Å²) in [6, 6.07) is 14.1. The van der Waals surface area contributed by atoms with Crippen molar-refractivity contribution in [3.63, 3.8) is 0 Å². The van der Waals surface area contributed by atoms with Crippen LogP contribution in [0, 0.1) is 13.8 Å². The molecule has 30 heavy (non-hydrogen) atoms. The van der Waals surface area contributed by atoms with Gasteiger partial charge in [0.1, 0.15) is 0 Å². The van der Waals surface area contributed by atoms with Crippen LogP contribution in [0.15, 0.2) is 47.4 Å². The Morgan fingerprint density at radius 3 is 2.40 bits per heavy atom. The lowest BCUT2D eigenvalue weighted by molar-refractivity contribution is -0.119. The highest BCUT2D eigenvalue weighted by Gasteiger charge is 2.25. The van der Waals surface area contributed by atoms with Gasteiger partial charge in [-0.15, -0.1) is 11.8 Å². The molecule has 1 fully saturated rings. The number of nitrogens with zero attached hydrogens (tertiary/aromatic N) is 2. The molecule has 0 saturated carbocycles. The Labute approximate surface area is 183 Å². The highest BCUT2D eigenvalue weighted by Crippen LogP contribution is 2.26. The van der Waals surface area contributed by atoms with Gasteiger partial charge in [0.05, 0.1) is 11.3 Å². The maximum Gasteiger partial charge on any atom is 0.255 e. The van der Waals surface area contributed by atoms with Crippen molar-refractivity contribution in [1.29, 1.82) is 0 Å². The minimum atomic E-state index is -0.0145. The van der Waals surface area contributed by atoms with Crippen molar-refractivity contribution in [3.8, 4) is 0 Å². The summed E-state index contributed by atoms with van der Waals surface area (Å²) >= 11 is 1.42. The van der Waals surface area contributed by atoms with E-state index in [1.54, 1.807) is 0 Å². The van der Waals surface area contributed by atoms with Crippen LogP contribution < -0.4 is 10.2 Å². The van der Waals surface area contributed by atoms with E-state index in [2.05, 4.69) is 42.3 Å². The average molecular weight is 426 g/mol. The molecule has 1 aliphatic heterocycles. The number of aryl methyl sites for hydroxylation is 1. The third-order valence-corrected chi connectivity index (χ3v) is 6.48. The second-order valence-electron chi connectivity index (χ2n) is 8.01. The number of carbonyl (C=O) groups is 2. The van der Waals surface area contributed by atoms with Crippen molar-refractivity contribution in [3.05, 3.63) is 59.2 Å². The van der Waals surface area contributed by atoms with Crippen molar-refractivity contribution in [2.45, 2.75) is 38.6 Å². The smallest absolute Gasteiger partial charge is 0.255 e. The summed E-state index contributed by atoms with van der Waals surface area (Å²) in [6.07, 6.45) is 0. The van der Waals surface area contributed by atoms with Gasteiger partial charge >= 0.3 is 0 Å². The third kappa shape index (κ3) is 5.36. The summed E-state index contributed by atoms with van der Waals surface area (Å²) in [5.41, 5.74) is 4.53. The van der Waals surface area contributed by atoms with Crippen LogP contribution in [0.25, 0.3) is 0 Å².